The number of nitrogens with zero attached hydrogens (tertiary/aromatic N) is 5. The van der Waals surface area contributed by atoms with Gasteiger partial charge in [-0.3, -0.25) is 4.79 Å². The SMILES string of the molecule is CCOC(=O)C1CCN(c2nc(-c3ccccc3Cl)c3c(N)n(-c4ccc(F)cc4)nc3n2)CC1. The van der Waals surface area contributed by atoms with E-state index in [0.29, 0.717) is 77.3 Å². The van der Waals surface area contributed by atoms with Crippen LogP contribution in [0.2, 0.25) is 5.02 Å². The second-order valence-corrected chi connectivity index (χ2v) is 8.74. The molecule has 1 aliphatic rings. The quantitative estimate of drug-likeness (QED) is 0.403. The zero-order valence-corrected chi connectivity index (χ0v) is 19.9. The van der Waals surface area contributed by atoms with Gasteiger partial charge in [-0.2, -0.15) is 4.98 Å². The van der Waals surface area contributed by atoms with Gasteiger partial charge in [0.25, 0.3) is 0 Å². The van der Waals surface area contributed by atoms with Crippen molar-refractivity contribution >= 4 is 40.4 Å². The molecule has 2 N–H and O–H groups in total. The van der Waals surface area contributed by atoms with E-state index < -0.39 is 0 Å². The molecule has 180 valence electrons. The number of benzene rings is 2. The van der Waals surface area contributed by atoms with Crippen LogP contribution in [0.5, 0.6) is 0 Å². The molecule has 0 unspecified atom stereocenters. The molecule has 4 aromatic rings. The van der Waals surface area contributed by atoms with Crippen LogP contribution in [0.25, 0.3) is 28.0 Å². The van der Waals surface area contributed by atoms with Gasteiger partial charge in [0.1, 0.15) is 11.6 Å². The van der Waals surface area contributed by atoms with Crippen molar-refractivity contribution in [2.24, 2.45) is 5.92 Å². The van der Waals surface area contributed by atoms with Gasteiger partial charge in [-0.25, -0.2) is 14.1 Å². The van der Waals surface area contributed by atoms with E-state index in [0.717, 1.165) is 0 Å². The Bertz CT molecular complexity index is 1380. The van der Waals surface area contributed by atoms with Crippen molar-refractivity contribution in [1.29, 1.82) is 0 Å². The Morgan fingerprint density at radius 1 is 1.14 bits per heavy atom. The summed E-state index contributed by atoms with van der Waals surface area (Å²) in [6, 6.07) is 13.3. The highest BCUT2D eigenvalue weighted by atomic mass is 35.5. The molecular weight excluding hydrogens is 471 g/mol. The average Bonchev–Trinajstić information content (AvgIpc) is 3.21. The fourth-order valence-corrected chi connectivity index (χ4v) is 4.57. The van der Waals surface area contributed by atoms with Gasteiger partial charge in [0.05, 0.1) is 29.3 Å². The summed E-state index contributed by atoms with van der Waals surface area (Å²) in [6.45, 7) is 3.39. The predicted molar refractivity (Wildman–Crippen MR) is 133 cm³/mol. The van der Waals surface area contributed by atoms with Crippen molar-refractivity contribution in [2.45, 2.75) is 19.8 Å². The smallest absolute Gasteiger partial charge is 0.309 e. The molecule has 0 aliphatic carbocycles. The van der Waals surface area contributed by atoms with E-state index in [-0.39, 0.29) is 17.7 Å². The third kappa shape index (κ3) is 4.39. The molecule has 1 saturated heterocycles. The lowest BCUT2D eigenvalue weighted by molar-refractivity contribution is -0.148. The van der Waals surface area contributed by atoms with Gasteiger partial charge in [-0.1, -0.05) is 29.8 Å². The Morgan fingerprint density at radius 3 is 2.54 bits per heavy atom. The van der Waals surface area contributed by atoms with E-state index in [1.807, 2.05) is 30.0 Å². The lowest BCUT2D eigenvalue weighted by Gasteiger charge is -2.31. The molecule has 1 aliphatic heterocycles. The lowest BCUT2D eigenvalue weighted by Crippen LogP contribution is -2.38. The topological polar surface area (TPSA) is 99.2 Å². The molecule has 0 amide bonds. The van der Waals surface area contributed by atoms with Crippen LogP contribution in [0.15, 0.2) is 48.5 Å². The molecule has 2 aromatic carbocycles. The summed E-state index contributed by atoms with van der Waals surface area (Å²) in [5.41, 5.74) is 8.79. The Balaban J connectivity index is 1.59. The van der Waals surface area contributed by atoms with Crippen LogP contribution >= 0.6 is 11.6 Å². The maximum absolute atomic E-state index is 13.5. The first kappa shape index (κ1) is 23.0. The summed E-state index contributed by atoms with van der Waals surface area (Å²) in [7, 11) is 0. The Morgan fingerprint density at radius 2 is 1.86 bits per heavy atom. The van der Waals surface area contributed by atoms with Crippen LogP contribution in [0.3, 0.4) is 0 Å². The van der Waals surface area contributed by atoms with Crippen LogP contribution in [0.4, 0.5) is 16.2 Å². The fraction of sp³-hybridized carbons (Fsp3) is 0.280. The largest absolute Gasteiger partial charge is 0.466 e. The zero-order chi connectivity index (χ0) is 24.5. The fourth-order valence-electron chi connectivity index (χ4n) is 4.34. The summed E-state index contributed by atoms with van der Waals surface area (Å²) in [6.07, 6.45) is 1.29. The summed E-state index contributed by atoms with van der Waals surface area (Å²) < 4.78 is 20.2. The normalized spacial score (nSPS) is 14.4. The van der Waals surface area contributed by atoms with E-state index in [9.17, 15) is 9.18 Å². The van der Waals surface area contributed by atoms with E-state index in [4.69, 9.17) is 32.0 Å². The number of esters is 1. The first-order valence-corrected chi connectivity index (χ1v) is 11.8. The van der Waals surface area contributed by atoms with Crippen molar-refractivity contribution in [2.75, 3.05) is 30.3 Å². The molecular formula is C25H24ClFN6O2. The van der Waals surface area contributed by atoms with E-state index in [1.54, 1.807) is 18.2 Å². The number of halogens is 2. The number of nitrogens with two attached hydrogens (primary N) is 1. The minimum absolute atomic E-state index is 0.133. The number of aromatic nitrogens is 4. The summed E-state index contributed by atoms with van der Waals surface area (Å²) >= 11 is 6.54. The van der Waals surface area contributed by atoms with Crippen molar-refractivity contribution in [3.8, 4) is 16.9 Å². The van der Waals surface area contributed by atoms with Gasteiger partial charge in [0, 0.05) is 23.7 Å². The first-order chi connectivity index (χ1) is 17.0. The van der Waals surface area contributed by atoms with E-state index >= 15 is 0 Å². The van der Waals surface area contributed by atoms with E-state index in [1.165, 1.54) is 16.8 Å². The maximum atomic E-state index is 13.5. The molecule has 0 saturated carbocycles. The van der Waals surface area contributed by atoms with Crippen molar-refractivity contribution in [3.63, 3.8) is 0 Å². The molecule has 5 rings (SSSR count). The standard InChI is InChI=1S/C25H24ClFN6O2/c1-2-35-24(34)15-11-13-32(14-12-15)25-29-21(18-5-3-4-6-19(18)26)20-22(28)33(31-23(20)30-25)17-9-7-16(27)8-10-17/h3-10,15H,2,11-14,28H2,1H3. The first-order valence-electron chi connectivity index (χ1n) is 11.4. The molecule has 10 heteroatoms. The van der Waals surface area contributed by atoms with Gasteiger partial charge in [0.2, 0.25) is 5.95 Å². The summed E-state index contributed by atoms with van der Waals surface area (Å²) in [5, 5.41) is 5.71. The number of anilines is 2. The number of fused-ring (bicyclic) bond motifs is 1. The van der Waals surface area contributed by atoms with Crippen LogP contribution in [-0.2, 0) is 9.53 Å². The maximum Gasteiger partial charge on any atom is 0.309 e. The minimum atomic E-state index is -0.353. The molecule has 8 nitrogen and oxygen atoms in total. The molecule has 3 heterocycles. The van der Waals surface area contributed by atoms with Crippen LogP contribution < -0.4 is 10.6 Å². The predicted octanol–water partition coefficient (Wildman–Crippen LogP) is 4.64. The number of hydrogen-bond acceptors (Lipinski definition) is 7. The van der Waals surface area contributed by atoms with Crippen LogP contribution in [0.1, 0.15) is 19.8 Å². The third-order valence-corrected chi connectivity index (χ3v) is 6.48. The molecule has 0 spiro atoms. The van der Waals surface area contributed by atoms with Gasteiger partial charge in [-0.05, 0) is 50.1 Å². The molecule has 0 atom stereocenters. The third-order valence-electron chi connectivity index (χ3n) is 6.16. The van der Waals surface area contributed by atoms with E-state index in [2.05, 4.69) is 5.10 Å². The van der Waals surface area contributed by atoms with Crippen molar-refractivity contribution in [1.82, 2.24) is 19.7 Å². The highest BCUT2D eigenvalue weighted by Gasteiger charge is 2.29. The average molecular weight is 495 g/mol. The monoisotopic (exact) mass is 494 g/mol. The lowest BCUT2D eigenvalue weighted by atomic mass is 9.97. The van der Waals surface area contributed by atoms with Crippen LogP contribution in [-0.4, -0.2) is 45.4 Å². The summed E-state index contributed by atoms with van der Waals surface area (Å²) in [5.74, 6) is 0.166. The van der Waals surface area contributed by atoms with Crippen molar-refractivity contribution in [3.05, 3.63) is 59.4 Å². The summed E-state index contributed by atoms with van der Waals surface area (Å²) in [4.78, 5) is 23.8. The minimum Gasteiger partial charge on any atom is -0.466 e. The second kappa shape index (κ2) is 9.50. The number of rotatable bonds is 5. The molecule has 0 radical (unpaired) electrons. The Kier molecular flexibility index (Phi) is 6.25. The molecule has 1 fully saturated rings. The molecule has 35 heavy (non-hydrogen) atoms. The second-order valence-electron chi connectivity index (χ2n) is 8.34. The Labute approximate surface area is 206 Å². The number of hydrogen-bond donors (Lipinski definition) is 1. The van der Waals surface area contributed by atoms with Crippen LogP contribution in [0, 0.1) is 11.7 Å². The highest BCUT2D eigenvalue weighted by molar-refractivity contribution is 6.33. The molecule has 0 bridgehead atoms. The molecule has 2 aromatic heterocycles. The van der Waals surface area contributed by atoms with Gasteiger partial charge < -0.3 is 15.4 Å². The van der Waals surface area contributed by atoms with Crippen molar-refractivity contribution < 1.29 is 13.9 Å². The van der Waals surface area contributed by atoms with Gasteiger partial charge >= 0.3 is 5.97 Å². The number of ether oxygens (including phenoxy) is 1. The number of piperidine rings is 1. The Hall–Kier alpha value is -3.72. The number of carbonyl (C=O) groups excluding carboxylic acids is 1. The van der Waals surface area contributed by atoms with Gasteiger partial charge in [-0.15, -0.1) is 5.10 Å². The number of nitrogen functional groups attached to an aromatic ring is 1. The van der Waals surface area contributed by atoms with Gasteiger partial charge in [0.15, 0.2) is 5.65 Å². The zero-order valence-electron chi connectivity index (χ0n) is 19.1. The number of carbonyl (C=O) groups is 1. The highest BCUT2D eigenvalue weighted by Crippen LogP contribution is 2.37.